The summed E-state index contributed by atoms with van der Waals surface area (Å²) in [7, 11) is 0. The lowest BCUT2D eigenvalue weighted by atomic mass is 10.1. The molecule has 0 saturated carbocycles. The number of nitrogens with one attached hydrogen (secondary N) is 1. The van der Waals surface area contributed by atoms with Crippen LogP contribution in [0.15, 0.2) is 42.6 Å². The van der Waals surface area contributed by atoms with E-state index in [0.29, 0.717) is 11.9 Å². The summed E-state index contributed by atoms with van der Waals surface area (Å²) >= 11 is 0. The quantitative estimate of drug-likeness (QED) is 0.857. The Balaban J connectivity index is 2.02. The number of aromatic nitrogens is 1. The van der Waals surface area contributed by atoms with Crippen molar-refractivity contribution in [3.63, 3.8) is 0 Å². The first-order valence-corrected chi connectivity index (χ1v) is 7.19. The predicted octanol–water partition coefficient (Wildman–Crippen LogP) is 4.11. The van der Waals surface area contributed by atoms with Gasteiger partial charge in [0.15, 0.2) is 0 Å². The van der Waals surface area contributed by atoms with Gasteiger partial charge in [0.2, 0.25) is 5.88 Å². The van der Waals surface area contributed by atoms with Gasteiger partial charge in [0, 0.05) is 18.3 Å². The Hall–Kier alpha value is -1.87. The average Bonchev–Trinajstić information content (AvgIpc) is 2.49. The predicted molar refractivity (Wildman–Crippen MR) is 82.2 cm³/mol. The largest absolute Gasteiger partial charge is 0.439 e. The molecule has 0 amide bonds. The third-order valence-corrected chi connectivity index (χ3v) is 3.32. The van der Waals surface area contributed by atoms with Crippen molar-refractivity contribution in [1.29, 1.82) is 0 Å². The van der Waals surface area contributed by atoms with Gasteiger partial charge in [0.05, 0.1) is 0 Å². The van der Waals surface area contributed by atoms with Crippen molar-refractivity contribution < 1.29 is 4.74 Å². The molecule has 0 bridgehead atoms. The number of hydrogen-bond donors (Lipinski definition) is 1. The van der Waals surface area contributed by atoms with Gasteiger partial charge in [-0.25, -0.2) is 4.98 Å². The molecule has 2 rings (SSSR count). The fraction of sp³-hybridized carbons (Fsp3) is 0.353. The molecule has 0 saturated heterocycles. The van der Waals surface area contributed by atoms with Crippen LogP contribution in [0, 0.1) is 0 Å². The van der Waals surface area contributed by atoms with Gasteiger partial charge >= 0.3 is 0 Å². The van der Waals surface area contributed by atoms with Crippen molar-refractivity contribution in [3.8, 4) is 11.6 Å². The van der Waals surface area contributed by atoms with E-state index in [2.05, 4.69) is 49.3 Å². The highest BCUT2D eigenvalue weighted by atomic mass is 16.5. The van der Waals surface area contributed by atoms with Crippen LogP contribution in [-0.4, -0.2) is 11.5 Å². The fourth-order valence-electron chi connectivity index (χ4n) is 2.05. The standard InChI is InChI=1S/C17H22N2O/c1-4-14-6-9-16(10-7-14)20-17-11-8-15(12-19-17)13(3)18-5-2/h6-13,18H,4-5H2,1-3H3. The van der Waals surface area contributed by atoms with Gasteiger partial charge in [-0.3, -0.25) is 0 Å². The Labute approximate surface area is 121 Å². The van der Waals surface area contributed by atoms with E-state index in [9.17, 15) is 0 Å². The first kappa shape index (κ1) is 14.5. The van der Waals surface area contributed by atoms with Gasteiger partial charge in [-0.05, 0) is 43.1 Å². The molecule has 0 aliphatic carbocycles. The minimum atomic E-state index is 0.311. The number of hydrogen-bond acceptors (Lipinski definition) is 3. The van der Waals surface area contributed by atoms with Crippen molar-refractivity contribution in [3.05, 3.63) is 53.7 Å². The molecule has 0 spiro atoms. The van der Waals surface area contributed by atoms with E-state index in [1.54, 1.807) is 0 Å². The molecule has 2 aromatic rings. The molecule has 0 aliphatic heterocycles. The Bertz CT molecular complexity index is 520. The maximum Gasteiger partial charge on any atom is 0.219 e. The summed E-state index contributed by atoms with van der Waals surface area (Å²) in [5.74, 6) is 1.45. The van der Waals surface area contributed by atoms with Crippen molar-refractivity contribution in [1.82, 2.24) is 10.3 Å². The summed E-state index contributed by atoms with van der Waals surface area (Å²) < 4.78 is 5.74. The zero-order chi connectivity index (χ0) is 14.4. The zero-order valence-electron chi connectivity index (χ0n) is 12.4. The van der Waals surface area contributed by atoms with Crippen LogP contribution in [0.5, 0.6) is 11.6 Å². The van der Waals surface area contributed by atoms with Crippen molar-refractivity contribution in [2.75, 3.05) is 6.54 Å². The first-order valence-electron chi connectivity index (χ1n) is 7.19. The second-order valence-corrected chi connectivity index (χ2v) is 4.81. The molecule has 0 fully saturated rings. The van der Waals surface area contributed by atoms with Crippen LogP contribution in [0.3, 0.4) is 0 Å². The van der Waals surface area contributed by atoms with Crippen LogP contribution in [0.25, 0.3) is 0 Å². The summed E-state index contributed by atoms with van der Waals surface area (Å²) in [6.07, 6.45) is 2.90. The molecule has 3 nitrogen and oxygen atoms in total. The Morgan fingerprint density at radius 3 is 2.40 bits per heavy atom. The number of aryl methyl sites for hydroxylation is 1. The maximum atomic E-state index is 5.74. The molecule has 3 heteroatoms. The summed E-state index contributed by atoms with van der Waals surface area (Å²) in [6, 6.07) is 12.4. The maximum absolute atomic E-state index is 5.74. The normalized spacial score (nSPS) is 12.2. The van der Waals surface area contributed by atoms with E-state index in [-0.39, 0.29) is 0 Å². The van der Waals surface area contributed by atoms with Crippen LogP contribution in [-0.2, 0) is 6.42 Å². The lowest BCUT2D eigenvalue weighted by Gasteiger charge is -2.12. The molecule has 1 aromatic carbocycles. The van der Waals surface area contributed by atoms with Crippen molar-refractivity contribution in [2.45, 2.75) is 33.2 Å². The Morgan fingerprint density at radius 1 is 1.10 bits per heavy atom. The number of pyridine rings is 1. The highest BCUT2D eigenvalue weighted by Crippen LogP contribution is 2.21. The molecule has 1 N–H and O–H groups in total. The van der Waals surface area contributed by atoms with E-state index < -0.39 is 0 Å². The molecule has 20 heavy (non-hydrogen) atoms. The zero-order valence-corrected chi connectivity index (χ0v) is 12.4. The first-order chi connectivity index (χ1) is 9.72. The summed E-state index contributed by atoms with van der Waals surface area (Å²) in [6.45, 7) is 7.32. The highest BCUT2D eigenvalue weighted by molar-refractivity contribution is 5.31. The van der Waals surface area contributed by atoms with Gasteiger partial charge in [0.1, 0.15) is 5.75 Å². The van der Waals surface area contributed by atoms with Crippen LogP contribution in [0.4, 0.5) is 0 Å². The number of nitrogens with zero attached hydrogens (tertiary/aromatic N) is 1. The lowest BCUT2D eigenvalue weighted by molar-refractivity contribution is 0.461. The molecular formula is C17H22N2O. The van der Waals surface area contributed by atoms with Crippen LogP contribution in [0.2, 0.25) is 0 Å². The molecule has 0 aliphatic rings. The smallest absolute Gasteiger partial charge is 0.219 e. The molecule has 1 aromatic heterocycles. The second kappa shape index (κ2) is 7.06. The van der Waals surface area contributed by atoms with Crippen LogP contribution >= 0.6 is 0 Å². The monoisotopic (exact) mass is 270 g/mol. The SMILES string of the molecule is CCNC(C)c1ccc(Oc2ccc(CC)cc2)nc1. The molecule has 106 valence electrons. The third-order valence-electron chi connectivity index (χ3n) is 3.32. The highest BCUT2D eigenvalue weighted by Gasteiger charge is 2.05. The minimum Gasteiger partial charge on any atom is -0.439 e. The fourth-order valence-corrected chi connectivity index (χ4v) is 2.05. The van der Waals surface area contributed by atoms with Gasteiger partial charge < -0.3 is 10.1 Å². The van der Waals surface area contributed by atoms with Crippen molar-refractivity contribution >= 4 is 0 Å². The van der Waals surface area contributed by atoms with Gasteiger partial charge in [-0.2, -0.15) is 0 Å². The number of ether oxygens (including phenoxy) is 1. The second-order valence-electron chi connectivity index (χ2n) is 4.81. The molecule has 1 heterocycles. The number of rotatable bonds is 6. The van der Waals surface area contributed by atoms with E-state index in [4.69, 9.17) is 4.74 Å². The molecular weight excluding hydrogens is 248 g/mol. The van der Waals surface area contributed by atoms with Crippen LogP contribution in [0.1, 0.15) is 37.9 Å². The van der Waals surface area contributed by atoms with E-state index in [1.165, 1.54) is 11.1 Å². The van der Waals surface area contributed by atoms with E-state index in [0.717, 1.165) is 18.7 Å². The average molecular weight is 270 g/mol. The summed E-state index contributed by atoms with van der Waals surface area (Å²) in [5.41, 5.74) is 2.47. The molecule has 1 unspecified atom stereocenters. The topological polar surface area (TPSA) is 34.1 Å². The van der Waals surface area contributed by atoms with Gasteiger partial charge in [-0.1, -0.05) is 32.0 Å². The van der Waals surface area contributed by atoms with Crippen molar-refractivity contribution in [2.24, 2.45) is 0 Å². The van der Waals surface area contributed by atoms with E-state index in [1.807, 2.05) is 24.4 Å². The van der Waals surface area contributed by atoms with Gasteiger partial charge in [-0.15, -0.1) is 0 Å². The molecule has 1 atom stereocenters. The molecule has 0 radical (unpaired) electrons. The lowest BCUT2D eigenvalue weighted by Crippen LogP contribution is -2.17. The Kier molecular flexibility index (Phi) is 5.13. The summed E-state index contributed by atoms with van der Waals surface area (Å²) in [5, 5.41) is 3.36. The van der Waals surface area contributed by atoms with Gasteiger partial charge in [0.25, 0.3) is 0 Å². The van der Waals surface area contributed by atoms with E-state index >= 15 is 0 Å². The number of benzene rings is 1. The minimum absolute atomic E-state index is 0.311. The van der Waals surface area contributed by atoms with Crippen LogP contribution < -0.4 is 10.1 Å². The Morgan fingerprint density at radius 2 is 1.85 bits per heavy atom. The summed E-state index contributed by atoms with van der Waals surface area (Å²) in [4.78, 5) is 4.36. The third kappa shape index (κ3) is 3.81.